The molecule has 1 aliphatic heterocycles. The number of hydrogen-bond donors (Lipinski definition) is 1. The van der Waals surface area contributed by atoms with Gasteiger partial charge in [0.05, 0.1) is 25.1 Å². The largest absolute Gasteiger partial charge is 0.486 e. The van der Waals surface area contributed by atoms with Gasteiger partial charge in [0.2, 0.25) is 0 Å². The minimum Gasteiger partial charge on any atom is -0.486 e. The Bertz CT molecular complexity index is 1370. The predicted molar refractivity (Wildman–Crippen MR) is 146 cm³/mol. The van der Waals surface area contributed by atoms with Crippen molar-refractivity contribution >= 4 is 84.0 Å². The number of aliphatic imine (C=N–C) groups is 1. The lowest BCUT2D eigenvalue weighted by Gasteiger charge is -2.12. The summed E-state index contributed by atoms with van der Waals surface area (Å²) in [6.07, 6.45) is 1.77. The van der Waals surface area contributed by atoms with E-state index in [2.05, 4.69) is 36.9 Å². The molecule has 0 aromatic heterocycles. The zero-order chi connectivity index (χ0) is 25.1. The highest BCUT2D eigenvalue weighted by molar-refractivity contribution is 9.11. The van der Waals surface area contributed by atoms with E-state index < -0.39 is 5.97 Å². The fourth-order valence-electron chi connectivity index (χ4n) is 3.19. The molecular formula is C25H17Br2ClN2O4S. The number of likely N-dealkylation sites (N-methyl/N-ethyl adjacent to an activating group) is 1. The van der Waals surface area contributed by atoms with Gasteiger partial charge in [-0.25, -0.2) is 9.79 Å². The summed E-state index contributed by atoms with van der Waals surface area (Å²) in [6.45, 7) is 0.305. The van der Waals surface area contributed by atoms with E-state index in [1.54, 1.807) is 25.3 Å². The van der Waals surface area contributed by atoms with E-state index in [9.17, 15) is 14.7 Å². The number of nitrogens with zero attached hydrogens (tertiary/aromatic N) is 2. The van der Waals surface area contributed by atoms with Crippen molar-refractivity contribution in [2.45, 2.75) is 6.61 Å². The zero-order valence-electron chi connectivity index (χ0n) is 18.2. The average Bonchev–Trinajstić information content (AvgIpc) is 3.07. The Morgan fingerprint density at radius 1 is 1.14 bits per heavy atom. The number of aromatic carboxylic acids is 1. The zero-order valence-corrected chi connectivity index (χ0v) is 22.9. The molecule has 35 heavy (non-hydrogen) atoms. The molecule has 1 amide bonds. The summed E-state index contributed by atoms with van der Waals surface area (Å²) in [4.78, 5) is 30.4. The summed E-state index contributed by atoms with van der Waals surface area (Å²) in [5, 5.41) is 10.3. The molecule has 0 radical (unpaired) electrons. The molecule has 1 heterocycles. The van der Waals surface area contributed by atoms with E-state index in [4.69, 9.17) is 16.3 Å². The smallest absolute Gasteiger partial charge is 0.335 e. The van der Waals surface area contributed by atoms with Crippen molar-refractivity contribution in [1.82, 2.24) is 4.90 Å². The summed E-state index contributed by atoms with van der Waals surface area (Å²) in [5.74, 6) is -0.615. The van der Waals surface area contributed by atoms with Crippen LogP contribution in [-0.4, -0.2) is 34.1 Å². The second kappa shape index (κ2) is 11.0. The fourth-order valence-corrected chi connectivity index (χ4v) is 5.82. The van der Waals surface area contributed by atoms with E-state index in [0.29, 0.717) is 42.1 Å². The molecule has 178 valence electrons. The number of carboxylic acids is 1. The van der Waals surface area contributed by atoms with Crippen molar-refractivity contribution in [3.05, 3.63) is 96.2 Å². The van der Waals surface area contributed by atoms with Gasteiger partial charge in [-0.1, -0.05) is 35.9 Å². The Morgan fingerprint density at radius 2 is 1.86 bits per heavy atom. The fraction of sp³-hybridized carbons (Fsp3) is 0.0800. The molecule has 0 atom stereocenters. The number of amides is 1. The second-order valence-corrected chi connectivity index (χ2v) is 10.5. The number of thioether (sulfide) groups is 1. The van der Waals surface area contributed by atoms with Crippen molar-refractivity contribution in [2.75, 3.05) is 7.05 Å². The lowest BCUT2D eigenvalue weighted by molar-refractivity contribution is -0.121. The van der Waals surface area contributed by atoms with Crippen LogP contribution < -0.4 is 4.74 Å². The van der Waals surface area contributed by atoms with Gasteiger partial charge in [-0.15, -0.1) is 0 Å². The van der Waals surface area contributed by atoms with Crippen LogP contribution in [0.4, 0.5) is 5.69 Å². The molecule has 0 aliphatic carbocycles. The van der Waals surface area contributed by atoms with Gasteiger partial charge in [0, 0.05) is 17.6 Å². The Kier molecular flexibility index (Phi) is 8.01. The van der Waals surface area contributed by atoms with Gasteiger partial charge in [0.1, 0.15) is 12.4 Å². The maximum absolute atomic E-state index is 12.8. The van der Waals surface area contributed by atoms with E-state index in [0.717, 1.165) is 11.1 Å². The maximum Gasteiger partial charge on any atom is 0.335 e. The second-order valence-electron chi connectivity index (χ2n) is 7.42. The third-order valence-electron chi connectivity index (χ3n) is 4.97. The third-order valence-corrected chi connectivity index (χ3v) is 7.58. The lowest BCUT2D eigenvalue weighted by atomic mass is 10.2. The van der Waals surface area contributed by atoms with Crippen molar-refractivity contribution in [1.29, 1.82) is 0 Å². The number of hydrogen-bond acceptors (Lipinski definition) is 5. The molecule has 1 aliphatic rings. The number of carbonyl (C=O) groups is 2. The normalized spacial score (nSPS) is 15.8. The van der Waals surface area contributed by atoms with E-state index in [-0.39, 0.29) is 11.5 Å². The molecule has 0 bridgehead atoms. The first-order valence-electron chi connectivity index (χ1n) is 10.2. The molecule has 3 aromatic rings. The highest BCUT2D eigenvalue weighted by atomic mass is 79.9. The number of benzene rings is 3. The first-order chi connectivity index (χ1) is 16.7. The van der Waals surface area contributed by atoms with Gasteiger partial charge < -0.3 is 9.84 Å². The summed E-state index contributed by atoms with van der Waals surface area (Å²) in [5.41, 5.74) is 2.24. The van der Waals surface area contributed by atoms with Crippen molar-refractivity contribution in [3.63, 3.8) is 0 Å². The molecule has 4 rings (SSSR count). The van der Waals surface area contributed by atoms with Crippen LogP contribution >= 0.6 is 55.2 Å². The first kappa shape index (κ1) is 25.5. The van der Waals surface area contributed by atoms with E-state index >= 15 is 0 Å². The van der Waals surface area contributed by atoms with Crippen LogP contribution in [0.1, 0.15) is 21.5 Å². The molecule has 0 spiro atoms. The van der Waals surface area contributed by atoms with Crippen LogP contribution in [0, 0.1) is 0 Å². The summed E-state index contributed by atoms with van der Waals surface area (Å²) >= 11 is 14.5. The molecule has 0 saturated carbocycles. The van der Waals surface area contributed by atoms with Crippen LogP contribution in [0.3, 0.4) is 0 Å². The van der Waals surface area contributed by atoms with E-state index in [1.807, 2.05) is 36.4 Å². The molecule has 10 heteroatoms. The highest BCUT2D eigenvalue weighted by Gasteiger charge is 2.30. The minimum atomic E-state index is -1.04. The van der Waals surface area contributed by atoms with Gasteiger partial charge in [0.15, 0.2) is 5.17 Å². The standard InChI is InChI=1S/C25H17Br2ClN2O4S/c1-30-23(31)21(35-25(30)29-17-7-4-6-15(12-17)24(32)33)11-14-9-18(26)22(19(27)10-14)34-13-16-5-2-3-8-20(16)28/h2-12H,13H2,1H3,(H,32,33). The monoisotopic (exact) mass is 634 g/mol. The Morgan fingerprint density at radius 3 is 2.54 bits per heavy atom. The third kappa shape index (κ3) is 5.98. The number of rotatable bonds is 6. The number of amidine groups is 1. The van der Waals surface area contributed by atoms with Gasteiger partial charge >= 0.3 is 5.97 Å². The van der Waals surface area contributed by atoms with Crippen molar-refractivity contribution in [2.24, 2.45) is 4.99 Å². The van der Waals surface area contributed by atoms with Gasteiger partial charge in [-0.3, -0.25) is 9.69 Å². The summed E-state index contributed by atoms with van der Waals surface area (Å²) < 4.78 is 7.40. The number of halogens is 3. The van der Waals surface area contributed by atoms with Crippen LogP contribution in [0.5, 0.6) is 5.75 Å². The van der Waals surface area contributed by atoms with Gasteiger partial charge in [-0.2, -0.15) is 0 Å². The maximum atomic E-state index is 12.8. The Labute approximate surface area is 227 Å². The molecule has 0 unspecified atom stereocenters. The van der Waals surface area contributed by atoms with Crippen LogP contribution in [0.2, 0.25) is 5.02 Å². The summed E-state index contributed by atoms with van der Waals surface area (Å²) in [6, 6.07) is 17.5. The number of carboxylic acid groups (broad SMARTS) is 1. The molecule has 1 saturated heterocycles. The molecule has 3 aromatic carbocycles. The Balaban J connectivity index is 1.55. The first-order valence-corrected chi connectivity index (χ1v) is 13.0. The SMILES string of the molecule is CN1C(=O)C(=Cc2cc(Br)c(OCc3ccccc3Cl)c(Br)c2)SC1=Nc1cccc(C(=O)O)c1. The Hall–Kier alpha value is -2.59. The minimum absolute atomic E-state index is 0.131. The van der Waals surface area contributed by atoms with Gasteiger partial charge in [-0.05, 0) is 91.7 Å². The predicted octanol–water partition coefficient (Wildman–Crippen LogP) is 7.38. The topological polar surface area (TPSA) is 79.2 Å². The van der Waals surface area contributed by atoms with Crippen LogP contribution in [0.25, 0.3) is 6.08 Å². The van der Waals surface area contributed by atoms with Gasteiger partial charge in [0.25, 0.3) is 5.91 Å². The molecule has 1 N–H and O–H groups in total. The molecule has 6 nitrogen and oxygen atoms in total. The van der Waals surface area contributed by atoms with Crippen LogP contribution in [0.15, 0.2) is 79.5 Å². The lowest BCUT2D eigenvalue weighted by Crippen LogP contribution is -2.23. The highest BCUT2D eigenvalue weighted by Crippen LogP contribution is 2.38. The molecular weight excluding hydrogens is 620 g/mol. The molecule has 1 fully saturated rings. The number of ether oxygens (including phenoxy) is 1. The van der Waals surface area contributed by atoms with Crippen molar-refractivity contribution < 1.29 is 19.4 Å². The average molecular weight is 637 g/mol. The van der Waals surface area contributed by atoms with Crippen LogP contribution in [-0.2, 0) is 11.4 Å². The van der Waals surface area contributed by atoms with Crippen molar-refractivity contribution in [3.8, 4) is 5.75 Å². The summed E-state index contributed by atoms with van der Waals surface area (Å²) in [7, 11) is 1.63. The van der Waals surface area contributed by atoms with E-state index in [1.165, 1.54) is 28.8 Å². The quantitative estimate of drug-likeness (QED) is 0.286. The number of carbonyl (C=O) groups excluding carboxylic acids is 1.